The fraction of sp³-hybridized carbons (Fsp3) is 0.484. The highest BCUT2D eigenvalue weighted by atomic mass is 32.1. The fourth-order valence-electron chi connectivity index (χ4n) is 5.94. The Morgan fingerprint density at radius 3 is 2.69 bits per heavy atom. The summed E-state index contributed by atoms with van der Waals surface area (Å²) in [6, 6.07) is 3.88. The summed E-state index contributed by atoms with van der Waals surface area (Å²) in [5.41, 5.74) is 0.813. The molecule has 12 nitrogen and oxygen atoms in total. The van der Waals surface area contributed by atoms with Crippen LogP contribution in [0.25, 0.3) is 0 Å². The van der Waals surface area contributed by atoms with Gasteiger partial charge in [0.15, 0.2) is 10.8 Å². The van der Waals surface area contributed by atoms with E-state index in [2.05, 4.69) is 25.1 Å². The van der Waals surface area contributed by atoms with Crippen molar-refractivity contribution in [3.05, 3.63) is 63.0 Å². The van der Waals surface area contributed by atoms with E-state index in [0.29, 0.717) is 71.9 Å². The molecule has 5 rings (SSSR count). The van der Waals surface area contributed by atoms with Gasteiger partial charge in [-0.15, -0.1) is 11.3 Å². The van der Waals surface area contributed by atoms with Gasteiger partial charge in [0.25, 0.3) is 0 Å². The Morgan fingerprint density at radius 1 is 1.24 bits per heavy atom. The standard InChI is InChI=1S/C31H38FN7O5S/c1-6-44-28(41)24-23(35-26(27-33-10-13-45-27)36-25(24)21-8-7-9-22(32)18(21)2)16-37-11-12-39-20(14-37)15-38(30(39)34-19(3)40)17-31(4,5)29(42)43/h7-10,13,20,25H,6,11-12,14-17H2,1-5H3,(H,35,36)(H,42,43)/t20?,25-/m0/s1. The maximum atomic E-state index is 14.8. The van der Waals surface area contributed by atoms with Gasteiger partial charge in [-0.2, -0.15) is 4.99 Å². The molecule has 14 heteroatoms. The summed E-state index contributed by atoms with van der Waals surface area (Å²) < 4.78 is 20.3. The Hall–Kier alpha value is -4.17. The zero-order chi connectivity index (χ0) is 32.5. The molecule has 1 unspecified atom stereocenters. The first kappa shape index (κ1) is 32.2. The number of aromatic nitrogens is 1. The van der Waals surface area contributed by atoms with Gasteiger partial charge >= 0.3 is 11.9 Å². The number of esters is 1. The van der Waals surface area contributed by atoms with E-state index in [1.54, 1.807) is 46.0 Å². The number of fused-ring (bicyclic) bond motifs is 1. The molecule has 2 aromatic rings. The molecule has 1 aromatic carbocycles. The Labute approximate surface area is 265 Å². The predicted molar refractivity (Wildman–Crippen MR) is 167 cm³/mol. The molecule has 0 spiro atoms. The van der Waals surface area contributed by atoms with Gasteiger partial charge in [-0.25, -0.2) is 14.2 Å². The first-order chi connectivity index (χ1) is 21.4. The molecule has 1 aromatic heterocycles. The van der Waals surface area contributed by atoms with Crippen LogP contribution in [0.3, 0.4) is 0 Å². The van der Waals surface area contributed by atoms with Crippen molar-refractivity contribution in [3.63, 3.8) is 0 Å². The minimum atomic E-state index is -1.05. The molecule has 2 saturated heterocycles. The quantitative estimate of drug-likeness (QED) is 0.394. The van der Waals surface area contributed by atoms with Crippen molar-refractivity contribution in [2.24, 2.45) is 15.4 Å². The number of rotatable bonds is 9. The van der Waals surface area contributed by atoms with E-state index in [0.717, 1.165) is 0 Å². The number of ether oxygens (including phenoxy) is 1. The van der Waals surface area contributed by atoms with Crippen LogP contribution in [0.4, 0.5) is 4.39 Å². The number of hydrogen-bond donors (Lipinski definition) is 2. The second-order valence-corrected chi connectivity index (χ2v) is 12.9. The first-order valence-electron chi connectivity index (χ1n) is 14.9. The number of carbonyl (C=O) groups is 3. The molecule has 1 amide bonds. The van der Waals surface area contributed by atoms with Crippen molar-refractivity contribution in [3.8, 4) is 0 Å². The zero-order valence-electron chi connectivity index (χ0n) is 26.0. The maximum absolute atomic E-state index is 14.8. The summed E-state index contributed by atoms with van der Waals surface area (Å²) >= 11 is 1.40. The summed E-state index contributed by atoms with van der Waals surface area (Å²) in [5.74, 6) is -1.23. The lowest BCUT2D eigenvalue weighted by Gasteiger charge is -2.39. The van der Waals surface area contributed by atoms with Crippen LogP contribution in [0.5, 0.6) is 0 Å². The highest BCUT2D eigenvalue weighted by molar-refractivity contribution is 7.11. The van der Waals surface area contributed by atoms with Gasteiger partial charge in [0.2, 0.25) is 11.9 Å². The number of aliphatic imine (C=N–C) groups is 2. The van der Waals surface area contributed by atoms with Gasteiger partial charge in [0.1, 0.15) is 11.9 Å². The van der Waals surface area contributed by atoms with Crippen LogP contribution < -0.4 is 5.32 Å². The summed E-state index contributed by atoms with van der Waals surface area (Å²) in [7, 11) is 0. The Kier molecular flexibility index (Phi) is 9.35. The smallest absolute Gasteiger partial charge is 0.338 e. The van der Waals surface area contributed by atoms with Gasteiger partial charge in [0, 0.05) is 63.5 Å². The molecule has 240 valence electrons. The third kappa shape index (κ3) is 6.76. The van der Waals surface area contributed by atoms with Crippen LogP contribution in [0, 0.1) is 18.2 Å². The zero-order valence-corrected chi connectivity index (χ0v) is 26.9. The van der Waals surface area contributed by atoms with Gasteiger partial charge in [0.05, 0.1) is 23.6 Å². The predicted octanol–water partition coefficient (Wildman–Crippen LogP) is 2.81. The second kappa shape index (κ2) is 13.1. The SMILES string of the molecule is CCOC(=O)C1=C(CN2CCN3C(=NC(C)=O)N(CC(C)(C)C(=O)O)CC3C2)NC(c2nccs2)=N[C@H]1c1cccc(F)c1C. The number of benzene rings is 1. The minimum Gasteiger partial charge on any atom is -0.481 e. The van der Waals surface area contributed by atoms with E-state index in [9.17, 15) is 23.9 Å². The number of aliphatic carboxylic acids is 1. The van der Waals surface area contributed by atoms with Crippen molar-refractivity contribution in [2.45, 2.75) is 46.7 Å². The Balaban J connectivity index is 1.48. The Morgan fingerprint density at radius 2 is 2.02 bits per heavy atom. The van der Waals surface area contributed by atoms with E-state index in [4.69, 9.17) is 9.73 Å². The van der Waals surface area contributed by atoms with Crippen LogP contribution in [0.15, 0.2) is 51.0 Å². The molecule has 4 heterocycles. The molecule has 3 aliphatic rings. The van der Waals surface area contributed by atoms with Crippen LogP contribution in [0.1, 0.15) is 49.9 Å². The molecule has 0 bridgehead atoms. The van der Waals surface area contributed by atoms with Gasteiger partial charge in [-0.05, 0) is 44.9 Å². The average Bonchev–Trinajstić information content (AvgIpc) is 3.62. The summed E-state index contributed by atoms with van der Waals surface area (Å²) in [6.45, 7) is 11.0. The number of nitrogens with one attached hydrogen (secondary N) is 1. The van der Waals surface area contributed by atoms with Crippen LogP contribution in [0.2, 0.25) is 0 Å². The fourth-order valence-corrected chi connectivity index (χ4v) is 6.53. The molecule has 0 radical (unpaired) electrons. The lowest BCUT2D eigenvalue weighted by Crippen LogP contribution is -2.54. The molecule has 2 atom stereocenters. The van der Waals surface area contributed by atoms with Crippen molar-refractivity contribution in [1.82, 2.24) is 25.0 Å². The average molecular weight is 640 g/mol. The van der Waals surface area contributed by atoms with Gasteiger partial charge in [-0.3, -0.25) is 19.5 Å². The number of halogens is 1. The van der Waals surface area contributed by atoms with Crippen molar-refractivity contribution < 1.29 is 28.6 Å². The van der Waals surface area contributed by atoms with Crippen molar-refractivity contribution in [1.29, 1.82) is 0 Å². The van der Waals surface area contributed by atoms with E-state index >= 15 is 0 Å². The molecule has 0 saturated carbocycles. The number of piperazine rings is 1. The molecule has 0 aliphatic carbocycles. The molecule has 45 heavy (non-hydrogen) atoms. The number of carboxylic acid groups (broad SMARTS) is 1. The van der Waals surface area contributed by atoms with Crippen LogP contribution >= 0.6 is 11.3 Å². The summed E-state index contributed by atoms with van der Waals surface area (Å²) in [5, 5.41) is 15.6. The lowest BCUT2D eigenvalue weighted by molar-refractivity contribution is -0.147. The minimum absolute atomic E-state index is 0.0648. The first-order valence-corrected chi connectivity index (χ1v) is 15.7. The molecular formula is C31H38FN7O5S. The highest BCUT2D eigenvalue weighted by Crippen LogP contribution is 2.36. The number of carbonyl (C=O) groups excluding carboxylic acids is 2. The topological polar surface area (TPSA) is 140 Å². The third-order valence-corrected chi connectivity index (χ3v) is 8.98. The number of nitrogens with zero attached hydrogens (tertiary/aromatic N) is 6. The molecule has 2 N–H and O–H groups in total. The second-order valence-electron chi connectivity index (χ2n) is 12.0. The molecular weight excluding hydrogens is 601 g/mol. The maximum Gasteiger partial charge on any atom is 0.338 e. The summed E-state index contributed by atoms with van der Waals surface area (Å²) in [4.78, 5) is 57.2. The lowest BCUT2D eigenvalue weighted by atomic mass is 9.92. The largest absolute Gasteiger partial charge is 0.481 e. The van der Waals surface area contributed by atoms with Crippen LogP contribution in [-0.2, 0) is 19.1 Å². The van der Waals surface area contributed by atoms with Gasteiger partial charge < -0.3 is 25.0 Å². The van der Waals surface area contributed by atoms with Gasteiger partial charge in [-0.1, -0.05) is 12.1 Å². The monoisotopic (exact) mass is 639 g/mol. The third-order valence-electron chi connectivity index (χ3n) is 8.20. The number of hydrogen-bond acceptors (Lipinski definition) is 9. The van der Waals surface area contributed by atoms with Crippen LogP contribution in [-0.4, -0.2) is 106 Å². The number of carboxylic acids is 1. The van der Waals surface area contributed by atoms with E-state index in [1.165, 1.54) is 24.3 Å². The normalized spacial score (nSPS) is 21.5. The highest BCUT2D eigenvalue weighted by Gasteiger charge is 2.43. The number of guanidine groups is 1. The Bertz CT molecular complexity index is 1570. The molecule has 2 fully saturated rings. The van der Waals surface area contributed by atoms with E-state index in [1.807, 2.05) is 10.3 Å². The van der Waals surface area contributed by atoms with Crippen molar-refractivity contribution in [2.75, 3.05) is 45.9 Å². The van der Waals surface area contributed by atoms with E-state index < -0.39 is 29.2 Å². The number of amidine groups is 1. The summed E-state index contributed by atoms with van der Waals surface area (Å²) in [6.07, 6.45) is 1.67. The molecule has 3 aliphatic heterocycles. The van der Waals surface area contributed by atoms with Crippen molar-refractivity contribution >= 4 is 41.0 Å². The number of thiazole rings is 1. The van der Waals surface area contributed by atoms with E-state index in [-0.39, 0.29) is 25.1 Å². The number of amides is 1.